The van der Waals surface area contributed by atoms with Gasteiger partial charge in [-0.2, -0.15) is 0 Å². The van der Waals surface area contributed by atoms with E-state index in [1.807, 2.05) is 18.2 Å². The van der Waals surface area contributed by atoms with Gasteiger partial charge in [0.2, 0.25) is 0 Å². The summed E-state index contributed by atoms with van der Waals surface area (Å²) < 4.78 is 5.05. The van der Waals surface area contributed by atoms with Gasteiger partial charge in [0.15, 0.2) is 0 Å². The molecule has 82 valence electrons. The standard InChI is InChI=1S/C12H17NO2/c1-12(2,3)9-6-5-7-10(8-9)15-11(14)13-4/h5-8H,1-4H3,(H,13,14). The van der Waals surface area contributed by atoms with E-state index < -0.39 is 6.09 Å². The Morgan fingerprint density at radius 1 is 1.33 bits per heavy atom. The fourth-order valence-corrected chi connectivity index (χ4v) is 1.18. The molecule has 1 N–H and O–H groups in total. The van der Waals surface area contributed by atoms with E-state index in [9.17, 15) is 4.79 Å². The highest BCUT2D eigenvalue weighted by Crippen LogP contribution is 2.25. The topological polar surface area (TPSA) is 38.3 Å². The molecule has 0 aromatic heterocycles. The van der Waals surface area contributed by atoms with Crippen molar-refractivity contribution in [2.24, 2.45) is 0 Å². The lowest BCUT2D eigenvalue weighted by Gasteiger charge is -2.19. The highest BCUT2D eigenvalue weighted by molar-refractivity contribution is 5.69. The van der Waals surface area contributed by atoms with Crippen LogP contribution < -0.4 is 10.1 Å². The zero-order valence-electron chi connectivity index (χ0n) is 9.63. The molecule has 0 saturated carbocycles. The number of benzene rings is 1. The summed E-state index contributed by atoms with van der Waals surface area (Å²) in [5.74, 6) is 0.571. The second-order valence-electron chi connectivity index (χ2n) is 4.42. The number of hydrogen-bond donors (Lipinski definition) is 1. The number of amides is 1. The van der Waals surface area contributed by atoms with Crippen molar-refractivity contribution in [1.82, 2.24) is 5.32 Å². The third kappa shape index (κ3) is 3.27. The molecular weight excluding hydrogens is 190 g/mol. The maximum atomic E-state index is 11.0. The van der Waals surface area contributed by atoms with E-state index in [0.29, 0.717) is 5.75 Å². The van der Waals surface area contributed by atoms with Crippen molar-refractivity contribution in [2.45, 2.75) is 26.2 Å². The summed E-state index contributed by atoms with van der Waals surface area (Å²) in [6.45, 7) is 6.35. The van der Waals surface area contributed by atoms with Crippen molar-refractivity contribution in [3.63, 3.8) is 0 Å². The van der Waals surface area contributed by atoms with Crippen molar-refractivity contribution in [3.8, 4) is 5.75 Å². The number of ether oxygens (including phenoxy) is 1. The molecule has 1 aromatic carbocycles. The molecule has 3 heteroatoms. The molecule has 0 radical (unpaired) electrons. The number of hydrogen-bond acceptors (Lipinski definition) is 2. The fourth-order valence-electron chi connectivity index (χ4n) is 1.18. The summed E-state index contributed by atoms with van der Waals surface area (Å²) in [5, 5.41) is 2.41. The highest BCUT2D eigenvalue weighted by atomic mass is 16.5. The van der Waals surface area contributed by atoms with E-state index in [0.717, 1.165) is 5.56 Å². The summed E-state index contributed by atoms with van der Waals surface area (Å²) >= 11 is 0. The lowest BCUT2D eigenvalue weighted by Crippen LogP contribution is -2.22. The fraction of sp³-hybridized carbons (Fsp3) is 0.417. The normalized spacial score (nSPS) is 10.9. The van der Waals surface area contributed by atoms with Gasteiger partial charge in [0, 0.05) is 7.05 Å². The lowest BCUT2D eigenvalue weighted by atomic mass is 9.87. The first-order valence-corrected chi connectivity index (χ1v) is 4.93. The van der Waals surface area contributed by atoms with Crippen molar-refractivity contribution in [3.05, 3.63) is 29.8 Å². The van der Waals surface area contributed by atoms with Gasteiger partial charge in [-0.05, 0) is 23.1 Å². The molecule has 1 aromatic rings. The largest absolute Gasteiger partial charge is 0.412 e. The van der Waals surface area contributed by atoms with Crippen molar-refractivity contribution < 1.29 is 9.53 Å². The SMILES string of the molecule is CNC(=O)Oc1cccc(C(C)(C)C)c1. The molecule has 3 nitrogen and oxygen atoms in total. The molecule has 0 aliphatic heterocycles. The number of nitrogens with one attached hydrogen (secondary N) is 1. The van der Waals surface area contributed by atoms with Crippen molar-refractivity contribution >= 4 is 6.09 Å². The summed E-state index contributed by atoms with van der Waals surface area (Å²) in [7, 11) is 1.54. The van der Waals surface area contributed by atoms with Gasteiger partial charge < -0.3 is 10.1 Å². The Labute approximate surface area is 90.4 Å². The van der Waals surface area contributed by atoms with Crippen LogP contribution in [-0.2, 0) is 5.41 Å². The van der Waals surface area contributed by atoms with Gasteiger partial charge in [-0.25, -0.2) is 4.79 Å². The minimum atomic E-state index is -0.443. The van der Waals surface area contributed by atoms with Crippen molar-refractivity contribution in [2.75, 3.05) is 7.05 Å². The van der Waals surface area contributed by atoms with Crippen LogP contribution in [0.25, 0.3) is 0 Å². The molecule has 0 unspecified atom stereocenters. The van der Waals surface area contributed by atoms with Gasteiger partial charge in [-0.1, -0.05) is 32.9 Å². The minimum Gasteiger partial charge on any atom is -0.410 e. The highest BCUT2D eigenvalue weighted by Gasteiger charge is 2.14. The van der Waals surface area contributed by atoms with Crippen LogP contribution in [0.15, 0.2) is 24.3 Å². The third-order valence-corrected chi connectivity index (χ3v) is 2.11. The van der Waals surface area contributed by atoms with Gasteiger partial charge in [0.1, 0.15) is 5.75 Å². The Kier molecular flexibility index (Phi) is 3.35. The summed E-state index contributed by atoms with van der Waals surface area (Å²) in [6, 6.07) is 7.56. The van der Waals surface area contributed by atoms with Crippen LogP contribution in [0.1, 0.15) is 26.3 Å². The maximum absolute atomic E-state index is 11.0. The Morgan fingerprint density at radius 3 is 2.53 bits per heavy atom. The Bertz CT molecular complexity index is 353. The predicted octanol–water partition coefficient (Wildman–Crippen LogP) is 2.70. The monoisotopic (exact) mass is 207 g/mol. The average molecular weight is 207 g/mol. The number of carbonyl (C=O) groups is 1. The van der Waals surface area contributed by atoms with Crippen LogP contribution in [0.3, 0.4) is 0 Å². The molecule has 0 heterocycles. The number of carbonyl (C=O) groups excluding carboxylic acids is 1. The Balaban J connectivity index is 2.88. The zero-order chi connectivity index (χ0) is 11.5. The van der Waals surface area contributed by atoms with Gasteiger partial charge in [0.05, 0.1) is 0 Å². The Morgan fingerprint density at radius 2 is 2.00 bits per heavy atom. The smallest absolute Gasteiger partial charge is 0.410 e. The number of rotatable bonds is 1. The molecule has 0 saturated heterocycles. The van der Waals surface area contributed by atoms with Crippen LogP contribution in [0, 0.1) is 0 Å². The van der Waals surface area contributed by atoms with E-state index in [2.05, 4.69) is 26.1 Å². The van der Waals surface area contributed by atoms with Crippen LogP contribution in [0.4, 0.5) is 4.79 Å². The molecule has 0 spiro atoms. The molecule has 0 fully saturated rings. The maximum Gasteiger partial charge on any atom is 0.412 e. The first-order valence-electron chi connectivity index (χ1n) is 4.93. The molecule has 1 amide bonds. The van der Waals surface area contributed by atoms with Crippen LogP contribution in [0.2, 0.25) is 0 Å². The molecule has 0 atom stereocenters. The van der Waals surface area contributed by atoms with E-state index in [1.54, 1.807) is 6.07 Å². The lowest BCUT2D eigenvalue weighted by molar-refractivity contribution is 0.203. The van der Waals surface area contributed by atoms with Gasteiger partial charge in [-0.3, -0.25) is 0 Å². The van der Waals surface area contributed by atoms with Gasteiger partial charge >= 0.3 is 6.09 Å². The molecule has 0 aliphatic rings. The molecular formula is C12H17NO2. The minimum absolute atomic E-state index is 0.0576. The van der Waals surface area contributed by atoms with E-state index in [1.165, 1.54) is 7.05 Å². The van der Waals surface area contributed by atoms with Crippen LogP contribution >= 0.6 is 0 Å². The van der Waals surface area contributed by atoms with E-state index in [-0.39, 0.29) is 5.41 Å². The van der Waals surface area contributed by atoms with Crippen molar-refractivity contribution in [1.29, 1.82) is 0 Å². The van der Waals surface area contributed by atoms with Gasteiger partial charge in [0.25, 0.3) is 0 Å². The summed E-state index contributed by atoms with van der Waals surface area (Å²) in [5.41, 5.74) is 1.20. The quantitative estimate of drug-likeness (QED) is 0.769. The first kappa shape index (κ1) is 11.6. The second kappa shape index (κ2) is 4.34. The first-order chi connectivity index (χ1) is 6.93. The summed E-state index contributed by atoms with van der Waals surface area (Å²) in [6.07, 6.45) is -0.443. The molecule has 0 bridgehead atoms. The summed E-state index contributed by atoms with van der Waals surface area (Å²) in [4.78, 5) is 11.0. The molecule has 0 aliphatic carbocycles. The average Bonchev–Trinajstić information content (AvgIpc) is 2.17. The van der Waals surface area contributed by atoms with Crippen LogP contribution in [-0.4, -0.2) is 13.1 Å². The second-order valence-corrected chi connectivity index (χ2v) is 4.42. The third-order valence-electron chi connectivity index (χ3n) is 2.11. The van der Waals surface area contributed by atoms with E-state index in [4.69, 9.17) is 4.74 Å². The molecule has 15 heavy (non-hydrogen) atoms. The molecule has 1 rings (SSSR count). The van der Waals surface area contributed by atoms with Crippen LogP contribution in [0.5, 0.6) is 5.75 Å². The predicted molar refractivity (Wildman–Crippen MR) is 60.2 cm³/mol. The van der Waals surface area contributed by atoms with E-state index >= 15 is 0 Å². The zero-order valence-corrected chi connectivity index (χ0v) is 9.63. The van der Waals surface area contributed by atoms with Gasteiger partial charge in [-0.15, -0.1) is 0 Å². The Hall–Kier alpha value is -1.51.